The number of carbonyl (C=O) groups excluding carboxylic acids is 1. The normalized spacial score (nSPS) is 15.0. The number of benzene rings is 2. The minimum absolute atomic E-state index is 0.0127. The zero-order chi connectivity index (χ0) is 15.6. The van der Waals surface area contributed by atoms with Crippen LogP contribution in [-0.2, 0) is 4.79 Å². The number of hydrogen-bond donors (Lipinski definition) is 0. The number of anilines is 2. The second-order valence-corrected chi connectivity index (χ2v) is 5.34. The quantitative estimate of drug-likeness (QED) is 0.661. The van der Waals surface area contributed by atoms with Crippen LogP contribution in [0.25, 0.3) is 11.6 Å². The molecule has 0 saturated heterocycles. The highest BCUT2D eigenvalue weighted by Gasteiger charge is 2.32. The van der Waals surface area contributed by atoms with Gasteiger partial charge in [0.15, 0.2) is 0 Å². The largest absolute Gasteiger partial charge is 0.276 e. The van der Waals surface area contributed by atoms with E-state index >= 15 is 0 Å². The summed E-state index contributed by atoms with van der Waals surface area (Å²) in [6.07, 6.45) is 5.38. The number of aromatic nitrogens is 1. The minimum atomic E-state index is -0.0127. The number of para-hydroxylation sites is 2. The van der Waals surface area contributed by atoms with E-state index in [1.807, 2.05) is 72.8 Å². The second-order valence-electron chi connectivity index (χ2n) is 5.34. The topological polar surface area (TPSA) is 33.2 Å². The fourth-order valence-corrected chi connectivity index (χ4v) is 2.84. The monoisotopic (exact) mass is 298 g/mol. The third kappa shape index (κ3) is 2.32. The van der Waals surface area contributed by atoms with Crippen LogP contribution in [0.5, 0.6) is 0 Å². The van der Waals surface area contributed by atoms with Crippen molar-refractivity contribution in [3.8, 4) is 0 Å². The van der Waals surface area contributed by atoms with Crippen LogP contribution in [0.1, 0.15) is 11.1 Å². The molecule has 1 aliphatic rings. The van der Waals surface area contributed by atoms with Crippen molar-refractivity contribution in [3.63, 3.8) is 0 Å². The third-order valence-electron chi connectivity index (χ3n) is 3.88. The van der Waals surface area contributed by atoms with E-state index in [-0.39, 0.29) is 5.91 Å². The van der Waals surface area contributed by atoms with Gasteiger partial charge in [-0.15, -0.1) is 0 Å². The van der Waals surface area contributed by atoms with Crippen LogP contribution in [0.2, 0.25) is 0 Å². The maximum absolute atomic E-state index is 13.0. The molecule has 0 aliphatic carbocycles. The summed E-state index contributed by atoms with van der Waals surface area (Å²) >= 11 is 0. The summed E-state index contributed by atoms with van der Waals surface area (Å²) in [5.41, 5.74) is 4.35. The van der Waals surface area contributed by atoms with E-state index in [1.54, 1.807) is 17.3 Å². The van der Waals surface area contributed by atoms with E-state index in [9.17, 15) is 4.79 Å². The van der Waals surface area contributed by atoms with Crippen molar-refractivity contribution < 1.29 is 4.79 Å². The lowest BCUT2D eigenvalue weighted by molar-refractivity contribution is -0.112. The first-order chi connectivity index (χ1) is 11.3. The number of hydrogen-bond acceptors (Lipinski definition) is 2. The van der Waals surface area contributed by atoms with E-state index in [0.717, 1.165) is 22.5 Å². The van der Waals surface area contributed by atoms with Crippen LogP contribution in [0.15, 0.2) is 79.1 Å². The molecule has 2 heterocycles. The van der Waals surface area contributed by atoms with Crippen molar-refractivity contribution in [2.75, 3.05) is 4.90 Å². The van der Waals surface area contributed by atoms with E-state index in [1.165, 1.54) is 0 Å². The van der Waals surface area contributed by atoms with Gasteiger partial charge in [-0.1, -0.05) is 42.5 Å². The van der Waals surface area contributed by atoms with Crippen molar-refractivity contribution in [1.82, 2.24) is 4.98 Å². The molecule has 0 spiro atoms. The number of pyridine rings is 1. The Balaban J connectivity index is 1.87. The fraction of sp³-hybridized carbons (Fsp3) is 0. The number of rotatable bonds is 2. The lowest BCUT2D eigenvalue weighted by atomic mass is 10.1. The van der Waals surface area contributed by atoms with Gasteiger partial charge in [0, 0.05) is 23.6 Å². The van der Waals surface area contributed by atoms with Gasteiger partial charge in [0.2, 0.25) is 0 Å². The van der Waals surface area contributed by atoms with Crippen molar-refractivity contribution in [2.24, 2.45) is 0 Å². The predicted molar refractivity (Wildman–Crippen MR) is 92.1 cm³/mol. The molecule has 3 heteroatoms. The minimum Gasteiger partial charge on any atom is -0.276 e. The first-order valence-electron chi connectivity index (χ1n) is 7.45. The Hall–Kier alpha value is -3.20. The molecule has 0 bridgehead atoms. The summed E-state index contributed by atoms with van der Waals surface area (Å²) in [5, 5.41) is 0. The summed E-state index contributed by atoms with van der Waals surface area (Å²) in [4.78, 5) is 18.9. The molecule has 2 aromatic carbocycles. The lowest BCUT2D eigenvalue weighted by Crippen LogP contribution is -2.20. The molecule has 110 valence electrons. The van der Waals surface area contributed by atoms with Crippen LogP contribution in [0.4, 0.5) is 11.4 Å². The maximum atomic E-state index is 13.0. The molecule has 1 aromatic heterocycles. The van der Waals surface area contributed by atoms with Crippen LogP contribution in [0.3, 0.4) is 0 Å². The average molecular weight is 298 g/mol. The number of fused-ring (bicyclic) bond motifs is 1. The molecule has 0 fully saturated rings. The zero-order valence-electron chi connectivity index (χ0n) is 12.4. The highest BCUT2D eigenvalue weighted by Crippen LogP contribution is 2.41. The molecular formula is C20H14N2O. The van der Waals surface area contributed by atoms with Crippen molar-refractivity contribution in [2.45, 2.75) is 0 Å². The van der Waals surface area contributed by atoms with Gasteiger partial charge in [0.1, 0.15) is 0 Å². The van der Waals surface area contributed by atoms with Crippen molar-refractivity contribution in [3.05, 3.63) is 90.3 Å². The van der Waals surface area contributed by atoms with Gasteiger partial charge in [-0.2, -0.15) is 0 Å². The highest BCUT2D eigenvalue weighted by molar-refractivity contribution is 6.37. The summed E-state index contributed by atoms with van der Waals surface area (Å²) in [5.74, 6) is -0.0127. The smallest absolute Gasteiger partial charge is 0.263 e. The van der Waals surface area contributed by atoms with Crippen LogP contribution in [0, 0.1) is 0 Å². The van der Waals surface area contributed by atoms with E-state index in [0.29, 0.717) is 5.57 Å². The van der Waals surface area contributed by atoms with Crippen LogP contribution in [-0.4, -0.2) is 10.9 Å². The van der Waals surface area contributed by atoms with Gasteiger partial charge < -0.3 is 0 Å². The number of carbonyl (C=O) groups is 1. The van der Waals surface area contributed by atoms with Gasteiger partial charge in [-0.05, 0) is 35.9 Å². The lowest BCUT2D eigenvalue weighted by Gasteiger charge is -2.16. The molecule has 1 amide bonds. The Morgan fingerprint density at radius 3 is 2.43 bits per heavy atom. The number of amides is 1. The van der Waals surface area contributed by atoms with Gasteiger partial charge in [0.05, 0.1) is 11.3 Å². The standard InChI is InChI=1S/C20H14N2O/c23-20-18(13-15-7-6-12-21-14-15)17-10-4-5-11-19(17)22(20)16-8-2-1-3-9-16/h1-14H. The molecule has 0 unspecified atom stereocenters. The molecule has 0 saturated carbocycles. The van der Waals surface area contributed by atoms with Crippen molar-refractivity contribution >= 4 is 28.9 Å². The van der Waals surface area contributed by atoms with E-state index < -0.39 is 0 Å². The summed E-state index contributed by atoms with van der Waals surface area (Å²) in [6, 6.07) is 21.4. The molecule has 4 rings (SSSR count). The summed E-state index contributed by atoms with van der Waals surface area (Å²) < 4.78 is 0. The Bertz CT molecular complexity index is 886. The predicted octanol–water partition coefficient (Wildman–Crippen LogP) is 4.30. The van der Waals surface area contributed by atoms with Crippen LogP contribution < -0.4 is 4.90 Å². The Labute approximate surface area is 134 Å². The molecular weight excluding hydrogens is 284 g/mol. The highest BCUT2D eigenvalue weighted by atomic mass is 16.2. The SMILES string of the molecule is O=C1C(=Cc2cccnc2)c2ccccc2N1c1ccccc1. The maximum Gasteiger partial charge on any atom is 0.263 e. The van der Waals surface area contributed by atoms with Gasteiger partial charge in [0.25, 0.3) is 5.91 Å². The molecule has 0 N–H and O–H groups in total. The fourth-order valence-electron chi connectivity index (χ4n) is 2.84. The number of nitrogens with zero attached hydrogens (tertiary/aromatic N) is 2. The Morgan fingerprint density at radius 2 is 1.65 bits per heavy atom. The second kappa shape index (κ2) is 5.54. The molecule has 0 radical (unpaired) electrons. The van der Waals surface area contributed by atoms with E-state index in [2.05, 4.69) is 4.98 Å². The van der Waals surface area contributed by atoms with Gasteiger partial charge in [-0.25, -0.2) is 0 Å². The first-order valence-corrected chi connectivity index (χ1v) is 7.45. The summed E-state index contributed by atoms with van der Waals surface area (Å²) in [6.45, 7) is 0. The Morgan fingerprint density at radius 1 is 0.870 bits per heavy atom. The molecule has 0 atom stereocenters. The molecule has 3 aromatic rings. The summed E-state index contributed by atoms with van der Waals surface area (Å²) in [7, 11) is 0. The molecule has 3 nitrogen and oxygen atoms in total. The first kappa shape index (κ1) is 13.5. The third-order valence-corrected chi connectivity index (χ3v) is 3.88. The van der Waals surface area contributed by atoms with E-state index in [4.69, 9.17) is 0 Å². The van der Waals surface area contributed by atoms with Gasteiger partial charge >= 0.3 is 0 Å². The zero-order valence-corrected chi connectivity index (χ0v) is 12.4. The van der Waals surface area contributed by atoms with Crippen molar-refractivity contribution in [1.29, 1.82) is 0 Å². The molecule has 23 heavy (non-hydrogen) atoms. The molecule has 1 aliphatic heterocycles. The van der Waals surface area contributed by atoms with Crippen LogP contribution >= 0.6 is 0 Å². The van der Waals surface area contributed by atoms with Gasteiger partial charge in [-0.3, -0.25) is 14.7 Å². The average Bonchev–Trinajstić information content (AvgIpc) is 2.89. The Kier molecular flexibility index (Phi) is 3.24.